The maximum Gasteiger partial charge on any atom is 0.220 e. The fourth-order valence-corrected chi connectivity index (χ4v) is 1.80. The number of allylic oxidation sites excluding steroid dienone is 4. The summed E-state index contributed by atoms with van der Waals surface area (Å²) in [6.07, 6.45) is 4.17. The molecule has 1 aromatic rings. The number of aryl methyl sites for hydroxylation is 1. The second-order valence-corrected chi connectivity index (χ2v) is 5.55. The Hall–Kier alpha value is -2.56. The van der Waals surface area contributed by atoms with E-state index in [0.29, 0.717) is 29.0 Å². The molecular formula is C19H26FN3O. The molecule has 0 bridgehead atoms. The van der Waals surface area contributed by atoms with E-state index in [9.17, 15) is 9.18 Å². The largest absolute Gasteiger partial charge is 0.368 e. The minimum atomic E-state index is -0.298. The van der Waals surface area contributed by atoms with Gasteiger partial charge < -0.3 is 5.73 Å². The monoisotopic (exact) mass is 331 g/mol. The first-order chi connectivity index (χ1) is 11.2. The van der Waals surface area contributed by atoms with Crippen LogP contribution in [-0.4, -0.2) is 17.5 Å². The summed E-state index contributed by atoms with van der Waals surface area (Å²) >= 11 is 0. The molecule has 0 aromatic heterocycles. The highest BCUT2D eigenvalue weighted by molar-refractivity contribution is 6.05. The molecule has 0 amide bonds. The van der Waals surface area contributed by atoms with E-state index in [1.807, 2.05) is 13.8 Å². The average Bonchev–Trinajstić information content (AvgIpc) is 2.51. The molecule has 0 spiro atoms. The Morgan fingerprint density at radius 3 is 2.38 bits per heavy atom. The van der Waals surface area contributed by atoms with Gasteiger partial charge in [0.25, 0.3) is 0 Å². The lowest BCUT2D eigenvalue weighted by Crippen LogP contribution is -2.11. The highest BCUT2D eigenvalue weighted by Gasteiger charge is 2.02. The first kappa shape index (κ1) is 19.5. The van der Waals surface area contributed by atoms with Crippen LogP contribution in [0.4, 0.5) is 10.1 Å². The zero-order valence-electron chi connectivity index (χ0n) is 14.9. The number of ketones is 1. The van der Waals surface area contributed by atoms with E-state index in [0.717, 1.165) is 5.57 Å². The summed E-state index contributed by atoms with van der Waals surface area (Å²) < 4.78 is 13.7. The molecule has 0 fully saturated rings. The zero-order valence-corrected chi connectivity index (χ0v) is 14.9. The second kappa shape index (κ2) is 8.91. The number of guanidine groups is 1. The van der Waals surface area contributed by atoms with Crippen LogP contribution in [0.1, 0.15) is 41.6 Å². The zero-order chi connectivity index (χ0) is 18.3. The van der Waals surface area contributed by atoms with Crippen molar-refractivity contribution in [3.8, 4) is 0 Å². The number of carbonyl (C=O) groups is 1. The first-order valence-corrected chi connectivity index (χ1v) is 7.79. The van der Waals surface area contributed by atoms with Gasteiger partial charge in [0.15, 0.2) is 5.78 Å². The molecule has 2 N–H and O–H groups in total. The number of hydrogen-bond acceptors (Lipinski definition) is 2. The molecule has 4 nitrogen and oxygen atoms in total. The fourth-order valence-electron chi connectivity index (χ4n) is 1.80. The highest BCUT2D eigenvalue weighted by Crippen LogP contribution is 2.17. The Morgan fingerprint density at radius 2 is 1.83 bits per heavy atom. The summed E-state index contributed by atoms with van der Waals surface area (Å²) in [4.78, 5) is 19.5. The summed E-state index contributed by atoms with van der Waals surface area (Å²) in [6.45, 7) is 8.82. The van der Waals surface area contributed by atoms with Gasteiger partial charge >= 0.3 is 0 Å². The van der Waals surface area contributed by atoms with Crippen LogP contribution in [0.2, 0.25) is 0 Å². The smallest absolute Gasteiger partial charge is 0.220 e. The van der Waals surface area contributed by atoms with Crippen LogP contribution in [0.25, 0.3) is 0 Å². The molecule has 5 heteroatoms. The minimum Gasteiger partial charge on any atom is -0.368 e. The third-order valence-electron chi connectivity index (χ3n) is 3.65. The number of rotatable bonds is 5. The number of nitrogens with two attached hydrogens (primary N) is 1. The van der Waals surface area contributed by atoms with Crippen molar-refractivity contribution in [3.05, 3.63) is 52.9 Å². The molecule has 0 radical (unpaired) electrons. The third-order valence-corrected chi connectivity index (χ3v) is 3.65. The van der Waals surface area contributed by atoms with Crippen molar-refractivity contribution >= 4 is 23.1 Å². The summed E-state index contributed by atoms with van der Waals surface area (Å²) in [5, 5.41) is 0. The lowest BCUT2D eigenvalue weighted by Gasteiger charge is -2.02. The molecular weight excluding hydrogens is 305 g/mol. The van der Waals surface area contributed by atoms with Crippen molar-refractivity contribution in [2.75, 3.05) is 0 Å². The van der Waals surface area contributed by atoms with E-state index in [-0.39, 0.29) is 19.0 Å². The Balaban J connectivity index is 0.00000576. The molecule has 1 rings (SSSR count). The number of nitrogens with zero attached hydrogens (tertiary/aromatic N) is 2. The van der Waals surface area contributed by atoms with Crippen molar-refractivity contribution in [2.24, 2.45) is 15.7 Å². The predicted molar refractivity (Wildman–Crippen MR) is 100 cm³/mol. The number of hydrogen-bond donors (Lipinski definition) is 1. The summed E-state index contributed by atoms with van der Waals surface area (Å²) in [6, 6.07) is 4.75. The average molecular weight is 331 g/mol. The fraction of sp³-hybridized carbons (Fsp3) is 0.316. The van der Waals surface area contributed by atoms with E-state index in [1.54, 1.807) is 38.1 Å². The molecule has 130 valence electrons. The van der Waals surface area contributed by atoms with E-state index < -0.39 is 0 Å². The molecule has 0 heterocycles. The van der Waals surface area contributed by atoms with Crippen LogP contribution >= 0.6 is 0 Å². The Kier molecular flexibility index (Phi) is 7.24. The quantitative estimate of drug-likeness (QED) is 0.373. The number of Topliss-reactive ketones (excluding diaryl/α,β-unsaturated/α-hetero) is 1. The van der Waals surface area contributed by atoms with Crippen molar-refractivity contribution in [3.63, 3.8) is 0 Å². The van der Waals surface area contributed by atoms with Crippen molar-refractivity contribution < 1.29 is 10.6 Å². The van der Waals surface area contributed by atoms with Gasteiger partial charge in [-0.2, -0.15) is 0 Å². The number of benzene rings is 1. The van der Waals surface area contributed by atoms with Crippen LogP contribution in [0, 0.1) is 5.82 Å². The Morgan fingerprint density at radius 1 is 1.21 bits per heavy atom. The van der Waals surface area contributed by atoms with Crippen LogP contribution in [0.5, 0.6) is 0 Å². The summed E-state index contributed by atoms with van der Waals surface area (Å²) in [7, 11) is 0. The summed E-state index contributed by atoms with van der Waals surface area (Å²) in [5.74, 6) is -0.225. The van der Waals surface area contributed by atoms with E-state index >= 15 is 0 Å². The maximum absolute atomic E-state index is 13.7. The molecule has 0 saturated heterocycles. The van der Waals surface area contributed by atoms with Gasteiger partial charge in [0, 0.05) is 7.14 Å². The Bertz CT molecular complexity index is 749. The Labute approximate surface area is 144 Å². The van der Waals surface area contributed by atoms with Crippen LogP contribution in [0.15, 0.2) is 51.5 Å². The SMILES string of the molecule is CCc1ccc(N=C(N)/N=C(C)/C(C)=C/C=C(\C)C(C)=O)cc1F.[HH]. The van der Waals surface area contributed by atoms with Gasteiger partial charge in [-0.15, -0.1) is 0 Å². The van der Waals surface area contributed by atoms with Gasteiger partial charge in [-0.05, 0) is 63.0 Å². The van der Waals surface area contributed by atoms with Crippen LogP contribution in [0.3, 0.4) is 0 Å². The molecule has 0 saturated carbocycles. The third kappa shape index (κ3) is 5.91. The van der Waals surface area contributed by atoms with Crippen molar-refractivity contribution in [1.82, 2.24) is 0 Å². The molecule has 0 aliphatic carbocycles. The van der Waals surface area contributed by atoms with Gasteiger partial charge in [-0.25, -0.2) is 14.4 Å². The van der Waals surface area contributed by atoms with Crippen LogP contribution in [-0.2, 0) is 11.2 Å². The van der Waals surface area contributed by atoms with Gasteiger partial charge in [0.05, 0.1) is 5.69 Å². The van der Waals surface area contributed by atoms with E-state index in [1.165, 1.54) is 13.0 Å². The van der Waals surface area contributed by atoms with Crippen molar-refractivity contribution in [1.29, 1.82) is 0 Å². The van der Waals surface area contributed by atoms with Crippen LogP contribution < -0.4 is 5.73 Å². The van der Waals surface area contributed by atoms with Gasteiger partial charge in [0.2, 0.25) is 5.96 Å². The molecule has 0 unspecified atom stereocenters. The molecule has 0 aliphatic rings. The minimum absolute atomic E-state index is 0. The number of aliphatic imine (C=N–C) groups is 2. The molecule has 0 aliphatic heterocycles. The van der Waals surface area contributed by atoms with Crippen molar-refractivity contribution in [2.45, 2.75) is 41.0 Å². The number of halogens is 1. The molecule has 24 heavy (non-hydrogen) atoms. The van der Waals surface area contributed by atoms with Gasteiger partial charge in [-0.3, -0.25) is 4.79 Å². The lowest BCUT2D eigenvalue weighted by atomic mass is 10.1. The van der Waals surface area contributed by atoms with Gasteiger partial charge in [0.1, 0.15) is 5.82 Å². The summed E-state index contributed by atoms with van der Waals surface area (Å²) in [5.41, 5.74) is 9.07. The first-order valence-electron chi connectivity index (χ1n) is 7.79. The standard InChI is InChI=1S/C19H24FN3O.H2/c1-6-16-9-10-17(11-18(16)20)23-19(21)22-14(4)12(2)7-8-13(3)15(5)24;/h7-11H,6H2,1-5H3,(H2,21,23);1H/b12-7+,13-8+,22-14+;. The highest BCUT2D eigenvalue weighted by atomic mass is 19.1. The molecule has 0 atom stereocenters. The van der Waals surface area contributed by atoms with E-state index in [2.05, 4.69) is 9.98 Å². The maximum atomic E-state index is 13.7. The number of carbonyl (C=O) groups excluding carboxylic acids is 1. The van der Waals surface area contributed by atoms with Gasteiger partial charge in [-0.1, -0.05) is 25.1 Å². The molecule has 1 aromatic carbocycles. The second-order valence-electron chi connectivity index (χ2n) is 5.55. The topological polar surface area (TPSA) is 67.8 Å². The predicted octanol–water partition coefficient (Wildman–Crippen LogP) is 4.52. The normalized spacial score (nSPS) is 14.1. The van der Waals surface area contributed by atoms with E-state index in [4.69, 9.17) is 5.73 Å². The lowest BCUT2D eigenvalue weighted by molar-refractivity contribution is -0.113.